The van der Waals surface area contributed by atoms with Crippen molar-refractivity contribution in [2.24, 2.45) is 0 Å². The minimum atomic E-state index is -0.231. The van der Waals surface area contributed by atoms with Crippen LogP contribution in [0.2, 0.25) is 19.0 Å². The number of hydrogen-bond acceptors (Lipinski definition) is 6. The van der Waals surface area contributed by atoms with Crippen molar-refractivity contribution in [2.75, 3.05) is 13.2 Å². The molecule has 3 saturated heterocycles. The predicted molar refractivity (Wildman–Crippen MR) is 80.1 cm³/mol. The fourth-order valence-corrected chi connectivity index (χ4v) is 3.05. The molecular formula is C12H23B3O6. The highest BCUT2D eigenvalue weighted by molar-refractivity contribution is 6.46. The van der Waals surface area contributed by atoms with Gasteiger partial charge in [0.15, 0.2) is 0 Å². The zero-order chi connectivity index (χ0) is 14.8. The summed E-state index contributed by atoms with van der Waals surface area (Å²) in [4.78, 5) is 0. The number of fused-ring (bicyclic) bond motifs is 1. The standard InChI is InChI=1S/C12H23B3O6/c1-4-13-16-7-9(18-13)12-11-10(19-15(6-3)21-12)8-17-14(5-2)20-11/h9-12H,4-8H2,1-3H3. The van der Waals surface area contributed by atoms with Crippen molar-refractivity contribution in [3.63, 3.8) is 0 Å². The van der Waals surface area contributed by atoms with Crippen LogP contribution in [0.3, 0.4) is 0 Å². The van der Waals surface area contributed by atoms with Crippen molar-refractivity contribution >= 4 is 21.4 Å². The second kappa shape index (κ2) is 7.02. The van der Waals surface area contributed by atoms with E-state index in [-0.39, 0.29) is 45.8 Å². The zero-order valence-electron chi connectivity index (χ0n) is 13.0. The third-order valence-corrected chi connectivity index (χ3v) is 4.22. The Morgan fingerprint density at radius 2 is 1.10 bits per heavy atom. The highest BCUT2D eigenvalue weighted by atomic mass is 16.7. The molecule has 3 aliphatic rings. The van der Waals surface area contributed by atoms with Gasteiger partial charge in [-0.05, 0) is 19.0 Å². The van der Waals surface area contributed by atoms with E-state index in [1.54, 1.807) is 0 Å². The van der Waals surface area contributed by atoms with Crippen LogP contribution in [0.25, 0.3) is 0 Å². The molecule has 3 aliphatic heterocycles. The van der Waals surface area contributed by atoms with Crippen LogP contribution in [0.4, 0.5) is 0 Å². The molecule has 0 aliphatic carbocycles. The van der Waals surface area contributed by atoms with E-state index in [1.165, 1.54) is 0 Å². The van der Waals surface area contributed by atoms with Crippen LogP contribution < -0.4 is 0 Å². The van der Waals surface area contributed by atoms with Gasteiger partial charge in [-0.2, -0.15) is 0 Å². The molecule has 0 N–H and O–H groups in total. The normalized spacial score (nSPS) is 37.0. The monoisotopic (exact) mass is 296 g/mol. The third kappa shape index (κ3) is 3.33. The lowest BCUT2D eigenvalue weighted by atomic mass is 9.78. The summed E-state index contributed by atoms with van der Waals surface area (Å²) < 4.78 is 35.2. The zero-order valence-corrected chi connectivity index (χ0v) is 13.0. The van der Waals surface area contributed by atoms with Crippen molar-refractivity contribution in [1.29, 1.82) is 0 Å². The molecule has 0 amide bonds. The van der Waals surface area contributed by atoms with E-state index >= 15 is 0 Å². The van der Waals surface area contributed by atoms with E-state index in [0.717, 1.165) is 19.0 Å². The van der Waals surface area contributed by atoms with Gasteiger partial charge >= 0.3 is 21.4 Å². The van der Waals surface area contributed by atoms with Crippen LogP contribution >= 0.6 is 0 Å². The molecule has 0 aromatic heterocycles. The van der Waals surface area contributed by atoms with Gasteiger partial charge in [0.2, 0.25) is 0 Å². The van der Waals surface area contributed by atoms with Crippen LogP contribution in [-0.4, -0.2) is 59.0 Å². The fraction of sp³-hybridized carbons (Fsp3) is 1.00. The first-order valence-corrected chi connectivity index (χ1v) is 8.10. The molecule has 0 saturated carbocycles. The Bertz CT molecular complexity index is 349. The van der Waals surface area contributed by atoms with Crippen LogP contribution in [-0.2, 0) is 27.9 Å². The van der Waals surface area contributed by atoms with Gasteiger partial charge in [-0.25, -0.2) is 0 Å². The van der Waals surface area contributed by atoms with E-state index in [1.807, 2.05) is 20.8 Å². The largest absolute Gasteiger partial charge is 0.457 e. The van der Waals surface area contributed by atoms with Crippen molar-refractivity contribution < 1.29 is 27.9 Å². The lowest BCUT2D eigenvalue weighted by Gasteiger charge is -2.46. The quantitative estimate of drug-likeness (QED) is 0.725. The maximum atomic E-state index is 6.07. The molecule has 4 atom stereocenters. The molecule has 4 unspecified atom stereocenters. The van der Waals surface area contributed by atoms with Gasteiger partial charge in [0.05, 0.1) is 37.6 Å². The highest BCUT2D eigenvalue weighted by Crippen LogP contribution is 2.31. The van der Waals surface area contributed by atoms with Crippen molar-refractivity contribution in [3.05, 3.63) is 0 Å². The Balaban J connectivity index is 1.71. The average Bonchev–Trinajstić information content (AvgIpc) is 3.02. The molecule has 3 fully saturated rings. The molecule has 0 bridgehead atoms. The van der Waals surface area contributed by atoms with E-state index in [4.69, 9.17) is 27.9 Å². The topological polar surface area (TPSA) is 55.4 Å². The summed E-state index contributed by atoms with van der Waals surface area (Å²) >= 11 is 0. The van der Waals surface area contributed by atoms with Crippen molar-refractivity contribution in [2.45, 2.75) is 64.1 Å². The van der Waals surface area contributed by atoms with Gasteiger partial charge < -0.3 is 27.9 Å². The van der Waals surface area contributed by atoms with Crippen LogP contribution in [0.15, 0.2) is 0 Å². The van der Waals surface area contributed by atoms with Crippen molar-refractivity contribution in [1.82, 2.24) is 0 Å². The van der Waals surface area contributed by atoms with Crippen LogP contribution in [0.1, 0.15) is 20.8 Å². The smallest absolute Gasteiger partial charge is 0.408 e. The van der Waals surface area contributed by atoms with Gasteiger partial charge in [0.1, 0.15) is 0 Å². The summed E-state index contributed by atoms with van der Waals surface area (Å²) in [5.41, 5.74) is 0. The summed E-state index contributed by atoms with van der Waals surface area (Å²) in [5, 5.41) is 0. The van der Waals surface area contributed by atoms with Crippen LogP contribution in [0.5, 0.6) is 0 Å². The first kappa shape index (κ1) is 15.8. The molecule has 0 aromatic carbocycles. The third-order valence-electron chi connectivity index (χ3n) is 4.22. The molecule has 9 heteroatoms. The second-order valence-electron chi connectivity index (χ2n) is 5.73. The van der Waals surface area contributed by atoms with Gasteiger partial charge in [-0.15, -0.1) is 0 Å². The van der Waals surface area contributed by atoms with Gasteiger partial charge in [0.25, 0.3) is 0 Å². The van der Waals surface area contributed by atoms with Crippen molar-refractivity contribution in [3.8, 4) is 0 Å². The molecule has 116 valence electrons. The molecular weight excluding hydrogens is 273 g/mol. The first-order chi connectivity index (χ1) is 10.2. The number of hydrogen-bond donors (Lipinski definition) is 0. The summed E-state index contributed by atoms with van der Waals surface area (Å²) in [6, 6.07) is 0. The highest BCUT2D eigenvalue weighted by Gasteiger charge is 2.51. The SMILES string of the molecule is CCB1OCC(C2OB(CC)OC3COB(CC)OC32)O1. The molecule has 3 heterocycles. The average molecular weight is 296 g/mol. The maximum absolute atomic E-state index is 6.07. The lowest BCUT2D eigenvalue weighted by Crippen LogP contribution is -2.63. The van der Waals surface area contributed by atoms with Gasteiger partial charge in [-0.3, -0.25) is 0 Å². The first-order valence-electron chi connectivity index (χ1n) is 8.10. The predicted octanol–water partition coefficient (Wildman–Crippen LogP) is 1.13. The molecule has 0 aromatic rings. The molecule has 6 nitrogen and oxygen atoms in total. The molecule has 0 radical (unpaired) electrons. The van der Waals surface area contributed by atoms with E-state index in [9.17, 15) is 0 Å². The van der Waals surface area contributed by atoms with Gasteiger partial charge in [0, 0.05) is 0 Å². The van der Waals surface area contributed by atoms with E-state index in [0.29, 0.717) is 13.2 Å². The Kier molecular flexibility index (Phi) is 5.29. The molecule has 21 heavy (non-hydrogen) atoms. The Morgan fingerprint density at radius 3 is 1.62 bits per heavy atom. The summed E-state index contributed by atoms with van der Waals surface area (Å²) in [5.74, 6) is 0. The fourth-order valence-electron chi connectivity index (χ4n) is 3.05. The minimum absolute atomic E-state index is 0.0965. The summed E-state index contributed by atoms with van der Waals surface area (Å²) in [6.45, 7) is 7.23. The van der Waals surface area contributed by atoms with Gasteiger partial charge in [-0.1, -0.05) is 20.8 Å². The maximum Gasteiger partial charge on any atom is 0.457 e. The Morgan fingerprint density at radius 1 is 0.667 bits per heavy atom. The Hall–Kier alpha value is -0.0452. The number of rotatable bonds is 4. The minimum Gasteiger partial charge on any atom is -0.408 e. The summed E-state index contributed by atoms with van der Waals surface area (Å²) in [6.07, 6.45) is 1.93. The van der Waals surface area contributed by atoms with E-state index < -0.39 is 0 Å². The molecule has 3 rings (SSSR count). The summed E-state index contributed by atoms with van der Waals surface area (Å²) in [7, 11) is -0.559. The van der Waals surface area contributed by atoms with E-state index in [2.05, 4.69) is 0 Å². The van der Waals surface area contributed by atoms with Crippen LogP contribution in [0, 0.1) is 0 Å². The Labute approximate surface area is 127 Å². The second-order valence-corrected chi connectivity index (χ2v) is 5.73. The lowest BCUT2D eigenvalue weighted by molar-refractivity contribution is -0.150. The molecule has 0 spiro atoms.